The smallest absolute Gasteiger partial charge is 0.266 e. The maximum atomic E-state index is 14.5. The summed E-state index contributed by atoms with van der Waals surface area (Å²) in [5.41, 5.74) is 2.40. The number of piperazine rings is 1. The zero-order chi connectivity index (χ0) is 26.4. The molecule has 7 nitrogen and oxygen atoms in total. The number of aryl methyl sites for hydroxylation is 1. The molecule has 194 valence electrons. The molecule has 8 rings (SSSR count). The summed E-state index contributed by atoms with van der Waals surface area (Å²) in [4.78, 5) is 30.4. The van der Waals surface area contributed by atoms with Crippen LogP contribution < -0.4 is 4.31 Å². The van der Waals surface area contributed by atoms with Crippen molar-refractivity contribution in [2.24, 2.45) is 0 Å². The van der Waals surface area contributed by atoms with E-state index < -0.39 is 31.8 Å². The summed E-state index contributed by atoms with van der Waals surface area (Å²) in [5, 5.41) is -0.128. The summed E-state index contributed by atoms with van der Waals surface area (Å²) >= 11 is 2.88. The van der Waals surface area contributed by atoms with E-state index in [1.807, 2.05) is 55.5 Å². The number of rotatable bonds is 3. The van der Waals surface area contributed by atoms with Crippen LogP contribution in [0.4, 0.5) is 5.69 Å². The SMILES string of the molecule is Cc1ccc([C@]23C[C@@]45SCS[C@@H](C(=O)N4[C@H]2N(S(=O)(=O)c2ccccc2)c2ccccc23)N(C)C5=O)cc1. The lowest BCUT2D eigenvalue weighted by Crippen LogP contribution is -2.68. The van der Waals surface area contributed by atoms with Crippen LogP contribution in [0.15, 0.2) is 83.8 Å². The first kappa shape index (κ1) is 24.1. The molecular formula is C28H25N3O4S3. The minimum absolute atomic E-state index is 0.146. The highest BCUT2D eigenvalue weighted by atomic mass is 32.2. The number of hydrogen-bond acceptors (Lipinski definition) is 6. The number of anilines is 1. The number of carbonyl (C=O) groups excluding carboxylic acids is 2. The summed E-state index contributed by atoms with van der Waals surface area (Å²) in [7, 11) is -2.42. The van der Waals surface area contributed by atoms with Gasteiger partial charge >= 0.3 is 0 Å². The molecule has 0 unspecified atom stereocenters. The molecule has 5 heterocycles. The van der Waals surface area contributed by atoms with Crippen LogP contribution in [0, 0.1) is 6.92 Å². The van der Waals surface area contributed by atoms with Crippen molar-refractivity contribution in [1.29, 1.82) is 0 Å². The summed E-state index contributed by atoms with van der Waals surface area (Å²) in [6, 6.07) is 23.9. The number of fused-ring (bicyclic) bond motifs is 6. The van der Waals surface area contributed by atoms with Gasteiger partial charge in [0.25, 0.3) is 21.8 Å². The number of hydrogen-bond donors (Lipinski definition) is 0. The Labute approximate surface area is 230 Å². The van der Waals surface area contributed by atoms with Crippen LogP contribution in [0.3, 0.4) is 0 Å². The first-order chi connectivity index (χ1) is 18.2. The average Bonchev–Trinajstić information content (AvgIpc) is 3.28. The first-order valence-electron chi connectivity index (χ1n) is 12.4. The van der Waals surface area contributed by atoms with E-state index in [1.54, 1.807) is 47.2 Å². The van der Waals surface area contributed by atoms with Crippen LogP contribution in [-0.2, 0) is 25.0 Å². The van der Waals surface area contributed by atoms with Crippen LogP contribution >= 0.6 is 23.5 Å². The summed E-state index contributed by atoms with van der Waals surface area (Å²) in [6.45, 7) is 2.01. The highest BCUT2D eigenvalue weighted by molar-refractivity contribution is 8.17. The lowest BCUT2D eigenvalue weighted by Gasteiger charge is -2.47. The Morgan fingerprint density at radius 2 is 1.61 bits per heavy atom. The summed E-state index contributed by atoms with van der Waals surface area (Å²) in [5.74, 6) is -0.366. The van der Waals surface area contributed by atoms with Crippen molar-refractivity contribution >= 4 is 51.0 Å². The van der Waals surface area contributed by atoms with Crippen molar-refractivity contribution in [3.05, 3.63) is 95.6 Å². The minimum Gasteiger partial charge on any atom is -0.322 e. The Morgan fingerprint density at radius 3 is 2.34 bits per heavy atom. The van der Waals surface area contributed by atoms with Crippen molar-refractivity contribution in [2.75, 3.05) is 16.4 Å². The molecule has 2 bridgehead atoms. The molecule has 5 aliphatic rings. The number of thioether (sulfide) groups is 2. The van der Waals surface area contributed by atoms with E-state index in [4.69, 9.17) is 0 Å². The summed E-state index contributed by atoms with van der Waals surface area (Å²) in [6.07, 6.45) is -0.634. The molecule has 2 amide bonds. The minimum atomic E-state index is -4.10. The molecule has 3 aromatic rings. The Morgan fingerprint density at radius 1 is 0.921 bits per heavy atom. The highest BCUT2D eigenvalue weighted by Crippen LogP contribution is 2.66. The van der Waals surface area contributed by atoms with Gasteiger partial charge in [-0.2, -0.15) is 0 Å². The molecule has 0 N–H and O–H groups in total. The van der Waals surface area contributed by atoms with Gasteiger partial charge in [0, 0.05) is 18.6 Å². The average molecular weight is 564 g/mol. The number of sulfonamides is 1. The molecule has 4 fully saturated rings. The van der Waals surface area contributed by atoms with Gasteiger partial charge in [0.15, 0.2) is 10.2 Å². The standard InChI is InChI=1S/C28H25N3O4S3/c1-18-12-14-19(15-13-18)27-16-28-26(33)29(2)24(36-17-37-28)23(32)30(28)25(27)31(22-11-7-6-10-21(22)27)38(34,35)20-8-4-3-5-9-20/h3-15,24-25H,16-17H2,1-2H3/t24-,25-,27-,28-/m0/s1. The number of benzene rings is 3. The molecule has 0 radical (unpaired) electrons. The van der Waals surface area contributed by atoms with Gasteiger partial charge in [0.1, 0.15) is 6.17 Å². The van der Waals surface area contributed by atoms with E-state index in [9.17, 15) is 18.0 Å². The van der Waals surface area contributed by atoms with E-state index >= 15 is 0 Å². The fourth-order valence-electron chi connectivity index (χ4n) is 6.62. The molecule has 4 saturated heterocycles. The number of amides is 2. The van der Waals surface area contributed by atoms with Crippen molar-refractivity contribution in [1.82, 2.24) is 9.80 Å². The van der Waals surface area contributed by atoms with Gasteiger partial charge in [0.05, 0.1) is 16.0 Å². The third kappa shape index (κ3) is 2.85. The van der Waals surface area contributed by atoms with Gasteiger partial charge < -0.3 is 4.90 Å². The number of nitrogens with zero attached hydrogens (tertiary/aromatic N) is 3. The number of likely N-dealkylation sites (N-methyl/N-ethyl adjacent to an activating group) is 1. The zero-order valence-corrected chi connectivity index (χ0v) is 23.2. The Bertz CT molecular complexity index is 1600. The van der Waals surface area contributed by atoms with E-state index in [2.05, 4.69) is 0 Å². The van der Waals surface area contributed by atoms with Gasteiger partial charge in [-0.3, -0.25) is 14.5 Å². The molecule has 0 saturated carbocycles. The lowest BCUT2D eigenvalue weighted by atomic mass is 9.72. The third-order valence-electron chi connectivity index (χ3n) is 8.28. The monoisotopic (exact) mass is 563 g/mol. The molecule has 0 aromatic heterocycles. The van der Waals surface area contributed by atoms with Gasteiger partial charge in [-0.1, -0.05) is 66.2 Å². The maximum absolute atomic E-state index is 14.5. The molecule has 3 aromatic carbocycles. The van der Waals surface area contributed by atoms with Crippen molar-refractivity contribution in [2.45, 2.75) is 40.1 Å². The largest absolute Gasteiger partial charge is 0.322 e. The molecule has 0 aliphatic carbocycles. The predicted molar refractivity (Wildman–Crippen MR) is 149 cm³/mol. The van der Waals surface area contributed by atoms with Crippen LogP contribution in [0.25, 0.3) is 0 Å². The lowest BCUT2D eigenvalue weighted by molar-refractivity contribution is -0.157. The number of carbonyl (C=O) groups is 2. The fourth-order valence-corrected chi connectivity index (χ4v) is 11.4. The van der Waals surface area contributed by atoms with Crippen molar-refractivity contribution < 1.29 is 18.0 Å². The zero-order valence-electron chi connectivity index (χ0n) is 20.8. The van der Waals surface area contributed by atoms with Crippen LogP contribution in [0.5, 0.6) is 0 Å². The first-order valence-corrected chi connectivity index (χ1v) is 15.8. The molecule has 38 heavy (non-hydrogen) atoms. The highest BCUT2D eigenvalue weighted by Gasteiger charge is 2.75. The molecular weight excluding hydrogens is 539 g/mol. The Balaban J connectivity index is 1.57. The predicted octanol–water partition coefficient (Wildman–Crippen LogP) is 3.98. The Kier molecular flexibility index (Phi) is 5.10. The van der Waals surface area contributed by atoms with Gasteiger partial charge in [-0.15, -0.1) is 23.5 Å². The van der Waals surface area contributed by atoms with E-state index in [-0.39, 0.29) is 16.7 Å². The summed E-state index contributed by atoms with van der Waals surface area (Å²) < 4.78 is 30.3. The molecule has 10 heteroatoms. The van der Waals surface area contributed by atoms with E-state index in [1.165, 1.54) is 27.8 Å². The number of para-hydroxylation sites is 1. The van der Waals surface area contributed by atoms with Crippen LogP contribution in [-0.4, -0.2) is 58.6 Å². The van der Waals surface area contributed by atoms with Crippen molar-refractivity contribution in [3.8, 4) is 0 Å². The topological polar surface area (TPSA) is 78.0 Å². The molecule has 1 spiro atoms. The molecule has 4 atom stereocenters. The van der Waals surface area contributed by atoms with E-state index in [0.717, 1.165) is 16.7 Å². The van der Waals surface area contributed by atoms with Gasteiger partial charge in [-0.05, 0) is 36.2 Å². The maximum Gasteiger partial charge on any atom is 0.266 e. The van der Waals surface area contributed by atoms with Gasteiger partial charge in [-0.25, -0.2) is 12.7 Å². The van der Waals surface area contributed by atoms with Crippen LogP contribution in [0.2, 0.25) is 0 Å². The van der Waals surface area contributed by atoms with E-state index in [0.29, 0.717) is 17.2 Å². The second kappa shape index (κ2) is 8.03. The van der Waals surface area contributed by atoms with Crippen molar-refractivity contribution in [3.63, 3.8) is 0 Å². The van der Waals surface area contributed by atoms with Gasteiger partial charge in [0.2, 0.25) is 0 Å². The molecule has 5 aliphatic heterocycles. The Hall–Kier alpha value is -2.95. The second-order valence-corrected chi connectivity index (χ2v) is 14.7. The third-order valence-corrected chi connectivity index (χ3v) is 12.9. The van der Waals surface area contributed by atoms with Crippen LogP contribution in [0.1, 0.15) is 23.1 Å². The fraction of sp³-hybridized carbons (Fsp3) is 0.286. The second-order valence-electron chi connectivity index (χ2n) is 10.2. The quantitative estimate of drug-likeness (QED) is 0.480. The normalized spacial score (nSPS) is 29.8.